The van der Waals surface area contributed by atoms with Crippen LogP contribution in [0, 0.1) is 6.57 Å². The van der Waals surface area contributed by atoms with Crippen LogP contribution in [0.1, 0.15) is 0 Å². The summed E-state index contributed by atoms with van der Waals surface area (Å²) < 4.78 is 0. The number of anilines is 1. The van der Waals surface area contributed by atoms with Crippen LogP contribution in [0.15, 0.2) is 6.33 Å². The standard InChI is InChI=1S/C5H5N5O/c1-6-2-4(11)9-5-7-3-8-10-5/h3H,2H2,(H2,7,8,9,10,11). The number of rotatable bonds is 2. The molecule has 0 saturated carbocycles. The van der Waals surface area contributed by atoms with Gasteiger partial charge in [0.1, 0.15) is 6.33 Å². The minimum atomic E-state index is -0.392. The van der Waals surface area contributed by atoms with Crippen LogP contribution in [0.4, 0.5) is 5.95 Å². The fraction of sp³-hybridized carbons (Fsp3) is 0.200. The molecule has 2 N–H and O–H groups in total. The van der Waals surface area contributed by atoms with Crippen LogP contribution in [0.5, 0.6) is 0 Å². The molecule has 0 radical (unpaired) electrons. The molecule has 1 rings (SSSR count). The first-order valence-electron chi connectivity index (χ1n) is 2.81. The summed E-state index contributed by atoms with van der Waals surface area (Å²) in [6.07, 6.45) is 1.27. The SMILES string of the molecule is [C-]#[N+]CC(=O)Nc1ncn[nH]1. The normalized spacial score (nSPS) is 8.64. The highest BCUT2D eigenvalue weighted by Gasteiger charge is 2.04. The number of hydrogen-bond donors (Lipinski definition) is 2. The first kappa shape index (κ1) is 7.21. The van der Waals surface area contributed by atoms with E-state index < -0.39 is 5.91 Å². The van der Waals surface area contributed by atoms with Gasteiger partial charge in [-0.05, 0) is 0 Å². The third kappa shape index (κ3) is 2.06. The number of amides is 1. The van der Waals surface area contributed by atoms with E-state index in [1.807, 2.05) is 0 Å². The molecule has 56 valence electrons. The van der Waals surface area contributed by atoms with Crippen LogP contribution in [-0.4, -0.2) is 27.6 Å². The van der Waals surface area contributed by atoms with Crippen molar-refractivity contribution in [3.8, 4) is 0 Å². The summed E-state index contributed by atoms with van der Waals surface area (Å²) in [6, 6.07) is 0. The Balaban J connectivity index is 2.45. The van der Waals surface area contributed by atoms with Gasteiger partial charge >= 0.3 is 5.91 Å². The smallest absolute Gasteiger partial charge is 0.306 e. The van der Waals surface area contributed by atoms with Crippen LogP contribution in [0.25, 0.3) is 4.85 Å². The van der Waals surface area contributed by atoms with E-state index >= 15 is 0 Å². The van der Waals surface area contributed by atoms with Gasteiger partial charge in [-0.15, -0.1) is 0 Å². The molecule has 0 aliphatic rings. The van der Waals surface area contributed by atoms with Crippen LogP contribution < -0.4 is 5.32 Å². The second-order valence-corrected chi connectivity index (χ2v) is 1.70. The lowest BCUT2D eigenvalue weighted by Crippen LogP contribution is -2.14. The Kier molecular flexibility index (Phi) is 2.17. The monoisotopic (exact) mass is 151 g/mol. The summed E-state index contributed by atoms with van der Waals surface area (Å²) in [5.74, 6) is -0.129. The number of nitrogens with zero attached hydrogens (tertiary/aromatic N) is 3. The van der Waals surface area contributed by atoms with Crippen molar-refractivity contribution in [3.05, 3.63) is 17.7 Å². The molecule has 1 aromatic rings. The maximum absolute atomic E-state index is 10.7. The minimum absolute atomic E-state index is 0.194. The molecule has 0 aliphatic carbocycles. The van der Waals surface area contributed by atoms with Crippen LogP contribution in [0.3, 0.4) is 0 Å². The van der Waals surface area contributed by atoms with Gasteiger partial charge in [0.2, 0.25) is 5.95 Å². The first-order chi connectivity index (χ1) is 5.33. The van der Waals surface area contributed by atoms with Gasteiger partial charge in [0, 0.05) is 0 Å². The topological polar surface area (TPSA) is 75.0 Å². The van der Waals surface area contributed by atoms with E-state index in [0.29, 0.717) is 0 Å². The van der Waals surface area contributed by atoms with Gasteiger partial charge in [0.05, 0.1) is 0 Å². The zero-order chi connectivity index (χ0) is 8.10. The van der Waals surface area contributed by atoms with Gasteiger partial charge in [-0.2, -0.15) is 10.1 Å². The Morgan fingerprint density at radius 3 is 3.27 bits per heavy atom. The molecule has 0 aromatic carbocycles. The highest BCUT2D eigenvalue weighted by molar-refractivity contribution is 5.91. The van der Waals surface area contributed by atoms with E-state index in [-0.39, 0.29) is 12.5 Å². The average molecular weight is 151 g/mol. The largest absolute Gasteiger partial charge is 0.306 e. The second kappa shape index (κ2) is 3.31. The lowest BCUT2D eigenvalue weighted by Gasteiger charge is -1.91. The molecule has 0 saturated heterocycles. The summed E-state index contributed by atoms with van der Waals surface area (Å²) in [7, 11) is 0. The summed E-state index contributed by atoms with van der Waals surface area (Å²) in [5, 5.41) is 8.28. The first-order valence-corrected chi connectivity index (χ1v) is 2.81. The number of carbonyl (C=O) groups excluding carboxylic acids is 1. The van der Waals surface area contributed by atoms with Crippen molar-refractivity contribution >= 4 is 11.9 Å². The molecule has 0 spiro atoms. The Bertz CT molecular complexity index is 272. The Hall–Kier alpha value is -1.90. The van der Waals surface area contributed by atoms with Crippen LogP contribution in [-0.2, 0) is 4.79 Å². The zero-order valence-electron chi connectivity index (χ0n) is 5.53. The summed E-state index contributed by atoms with van der Waals surface area (Å²) in [5.41, 5.74) is 0. The predicted molar refractivity (Wildman–Crippen MR) is 36.5 cm³/mol. The number of aromatic amines is 1. The zero-order valence-corrected chi connectivity index (χ0v) is 5.53. The molecule has 0 aliphatic heterocycles. The quantitative estimate of drug-likeness (QED) is 0.568. The highest BCUT2D eigenvalue weighted by Crippen LogP contribution is 1.91. The number of aromatic nitrogens is 3. The Labute approximate surface area is 62.5 Å². The average Bonchev–Trinajstić information content (AvgIpc) is 2.40. The van der Waals surface area contributed by atoms with E-state index in [1.54, 1.807) is 0 Å². The van der Waals surface area contributed by atoms with Gasteiger partial charge < -0.3 is 4.85 Å². The minimum Gasteiger partial charge on any atom is -0.306 e. The molecule has 1 aromatic heterocycles. The number of H-pyrrole nitrogens is 1. The Morgan fingerprint density at radius 2 is 2.73 bits per heavy atom. The van der Waals surface area contributed by atoms with Crippen molar-refractivity contribution in [3.63, 3.8) is 0 Å². The summed E-state index contributed by atoms with van der Waals surface area (Å²) >= 11 is 0. The van der Waals surface area contributed by atoms with E-state index in [0.717, 1.165) is 0 Å². The second-order valence-electron chi connectivity index (χ2n) is 1.70. The van der Waals surface area contributed by atoms with E-state index in [9.17, 15) is 4.79 Å². The van der Waals surface area contributed by atoms with Crippen molar-refractivity contribution in [2.24, 2.45) is 0 Å². The van der Waals surface area contributed by atoms with Gasteiger partial charge in [-0.25, -0.2) is 11.7 Å². The molecule has 1 heterocycles. The van der Waals surface area contributed by atoms with Crippen molar-refractivity contribution in [1.29, 1.82) is 0 Å². The maximum Gasteiger partial charge on any atom is 0.306 e. The molecule has 0 atom stereocenters. The molecule has 0 bridgehead atoms. The molecular weight excluding hydrogens is 146 g/mol. The lowest BCUT2D eigenvalue weighted by atomic mass is 10.6. The van der Waals surface area contributed by atoms with E-state index in [2.05, 4.69) is 25.3 Å². The van der Waals surface area contributed by atoms with Crippen molar-refractivity contribution in [2.45, 2.75) is 0 Å². The van der Waals surface area contributed by atoms with Crippen molar-refractivity contribution in [2.75, 3.05) is 11.9 Å². The van der Waals surface area contributed by atoms with Crippen LogP contribution in [0.2, 0.25) is 0 Å². The van der Waals surface area contributed by atoms with Crippen molar-refractivity contribution in [1.82, 2.24) is 15.2 Å². The van der Waals surface area contributed by atoms with Crippen molar-refractivity contribution < 1.29 is 4.79 Å². The molecule has 6 nitrogen and oxygen atoms in total. The molecule has 0 fully saturated rings. The highest BCUT2D eigenvalue weighted by atomic mass is 16.2. The van der Waals surface area contributed by atoms with Crippen LogP contribution >= 0.6 is 0 Å². The molecular formula is C5H5N5O. The fourth-order valence-electron chi connectivity index (χ4n) is 0.509. The summed E-state index contributed by atoms with van der Waals surface area (Å²) in [4.78, 5) is 17.2. The van der Waals surface area contributed by atoms with Gasteiger partial charge in [0.25, 0.3) is 6.54 Å². The molecule has 11 heavy (non-hydrogen) atoms. The molecule has 1 amide bonds. The lowest BCUT2D eigenvalue weighted by molar-refractivity contribution is -0.114. The molecule has 6 heteroatoms. The van der Waals surface area contributed by atoms with Gasteiger partial charge in [-0.3, -0.25) is 10.1 Å². The predicted octanol–water partition coefficient (Wildman–Crippen LogP) is -0.338. The third-order valence-electron chi connectivity index (χ3n) is 0.896. The fourth-order valence-corrected chi connectivity index (χ4v) is 0.509. The Morgan fingerprint density at radius 1 is 1.91 bits per heavy atom. The van der Waals surface area contributed by atoms with E-state index in [1.165, 1.54) is 6.33 Å². The number of hydrogen-bond acceptors (Lipinski definition) is 3. The van der Waals surface area contributed by atoms with Gasteiger partial charge in [0.15, 0.2) is 0 Å². The molecule has 0 unspecified atom stereocenters. The summed E-state index contributed by atoms with van der Waals surface area (Å²) in [6.45, 7) is 6.19. The number of nitrogens with one attached hydrogen (secondary N) is 2. The van der Waals surface area contributed by atoms with Gasteiger partial charge in [-0.1, -0.05) is 0 Å². The number of carbonyl (C=O) groups is 1. The maximum atomic E-state index is 10.7. The van der Waals surface area contributed by atoms with E-state index in [4.69, 9.17) is 6.57 Å². The third-order valence-corrected chi connectivity index (χ3v) is 0.896.